The molecule has 0 amide bonds. The molecular weight excluding hydrogens is 230 g/mol. The largest absolute Gasteiger partial charge is 0.313 e. The lowest BCUT2D eigenvalue weighted by molar-refractivity contribution is 0.194. The Morgan fingerprint density at radius 1 is 1.11 bits per heavy atom. The van der Waals surface area contributed by atoms with E-state index in [-0.39, 0.29) is 0 Å². The van der Waals surface area contributed by atoms with Crippen LogP contribution in [0.1, 0.15) is 67.3 Å². The van der Waals surface area contributed by atoms with Gasteiger partial charge in [0.05, 0.1) is 0 Å². The zero-order valence-electron chi connectivity index (χ0n) is 13.3. The molecule has 19 heavy (non-hydrogen) atoms. The maximum absolute atomic E-state index is 3.65. The normalized spacial score (nSPS) is 19.6. The molecule has 1 fully saturated rings. The third kappa shape index (κ3) is 2.58. The highest BCUT2D eigenvalue weighted by atomic mass is 14.9. The van der Waals surface area contributed by atoms with Gasteiger partial charge in [-0.05, 0) is 69.2 Å². The van der Waals surface area contributed by atoms with E-state index in [1.54, 1.807) is 5.56 Å². The van der Waals surface area contributed by atoms with Crippen molar-refractivity contribution in [2.45, 2.75) is 65.8 Å². The van der Waals surface area contributed by atoms with E-state index in [1.807, 2.05) is 0 Å². The summed E-state index contributed by atoms with van der Waals surface area (Å²) in [6, 6.07) is 5.19. The molecule has 1 aromatic carbocycles. The fourth-order valence-corrected chi connectivity index (χ4v) is 4.33. The van der Waals surface area contributed by atoms with E-state index in [0.29, 0.717) is 11.5 Å². The summed E-state index contributed by atoms with van der Waals surface area (Å²) < 4.78 is 0. The lowest BCUT2D eigenvalue weighted by Crippen LogP contribution is -2.35. The zero-order valence-corrected chi connectivity index (χ0v) is 13.3. The van der Waals surface area contributed by atoms with Crippen LogP contribution < -0.4 is 5.32 Å². The first kappa shape index (κ1) is 14.6. The second kappa shape index (κ2) is 5.66. The van der Waals surface area contributed by atoms with Crippen LogP contribution in [-0.2, 0) is 0 Å². The van der Waals surface area contributed by atoms with Crippen molar-refractivity contribution >= 4 is 0 Å². The van der Waals surface area contributed by atoms with Gasteiger partial charge in [-0.15, -0.1) is 0 Å². The van der Waals surface area contributed by atoms with E-state index in [1.165, 1.54) is 48.8 Å². The van der Waals surface area contributed by atoms with Crippen LogP contribution in [0.25, 0.3) is 0 Å². The Morgan fingerprint density at radius 3 is 2.05 bits per heavy atom. The molecule has 1 aliphatic rings. The molecule has 106 valence electrons. The maximum Gasteiger partial charge on any atom is 0.0379 e. The van der Waals surface area contributed by atoms with E-state index in [9.17, 15) is 0 Å². The summed E-state index contributed by atoms with van der Waals surface area (Å²) in [5.41, 5.74) is 6.31. The molecule has 1 atom stereocenters. The van der Waals surface area contributed by atoms with Crippen LogP contribution in [0, 0.1) is 26.2 Å². The van der Waals surface area contributed by atoms with E-state index in [2.05, 4.69) is 52.2 Å². The highest BCUT2D eigenvalue weighted by Gasteiger charge is 2.40. The quantitative estimate of drug-likeness (QED) is 0.815. The monoisotopic (exact) mass is 259 g/mol. The fraction of sp³-hybridized carbons (Fsp3) is 0.667. The average Bonchev–Trinajstić information content (AvgIpc) is 2.83. The van der Waals surface area contributed by atoms with Crippen molar-refractivity contribution in [3.63, 3.8) is 0 Å². The third-order valence-corrected chi connectivity index (χ3v) is 5.23. The highest BCUT2D eigenvalue weighted by molar-refractivity contribution is 5.40. The number of nitrogens with one attached hydrogen (secondary N) is 1. The molecule has 0 saturated heterocycles. The van der Waals surface area contributed by atoms with Crippen LogP contribution in [0.3, 0.4) is 0 Å². The van der Waals surface area contributed by atoms with Gasteiger partial charge in [0.2, 0.25) is 0 Å². The predicted molar refractivity (Wildman–Crippen MR) is 83.6 cm³/mol. The summed E-state index contributed by atoms with van der Waals surface area (Å²) in [6.45, 7) is 9.12. The molecule has 1 unspecified atom stereocenters. The van der Waals surface area contributed by atoms with E-state index < -0.39 is 0 Å². The van der Waals surface area contributed by atoms with Crippen molar-refractivity contribution in [3.05, 3.63) is 34.4 Å². The molecule has 0 aliphatic heterocycles. The summed E-state index contributed by atoms with van der Waals surface area (Å²) in [6.07, 6.45) is 6.83. The minimum atomic E-state index is 0.472. The standard InChI is InChI=1S/C18H29N/c1-6-18(9-7-8-10-18)17(19-5)16-14(3)11-13(2)12-15(16)4/h11-12,17,19H,6-10H2,1-5H3. The van der Waals surface area contributed by atoms with Crippen molar-refractivity contribution in [3.8, 4) is 0 Å². The number of hydrogen-bond acceptors (Lipinski definition) is 1. The number of hydrogen-bond donors (Lipinski definition) is 1. The number of benzene rings is 1. The van der Waals surface area contributed by atoms with Crippen molar-refractivity contribution in [2.24, 2.45) is 5.41 Å². The van der Waals surface area contributed by atoms with Crippen LogP contribution in [0.15, 0.2) is 12.1 Å². The molecule has 1 heteroatoms. The number of rotatable bonds is 4. The van der Waals surface area contributed by atoms with Gasteiger partial charge in [0.15, 0.2) is 0 Å². The summed E-state index contributed by atoms with van der Waals surface area (Å²) in [7, 11) is 2.14. The summed E-state index contributed by atoms with van der Waals surface area (Å²) >= 11 is 0. The van der Waals surface area contributed by atoms with Gasteiger partial charge in [0.1, 0.15) is 0 Å². The Kier molecular flexibility index (Phi) is 4.35. The van der Waals surface area contributed by atoms with E-state index in [4.69, 9.17) is 0 Å². The average molecular weight is 259 g/mol. The topological polar surface area (TPSA) is 12.0 Å². The lowest BCUT2D eigenvalue weighted by Gasteiger charge is -2.39. The first-order valence-electron chi connectivity index (χ1n) is 7.79. The summed E-state index contributed by atoms with van der Waals surface area (Å²) in [4.78, 5) is 0. The molecular formula is C18H29N. The molecule has 1 nitrogen and oxygen atoms in total. The second-order valence-corrected chi connectivity index (χ2v) is 6.46. The molecule has 1 aromatic rings. The van der Waals surface area contributed by atoms with Gasteiger partial charge in [0, 0.05) is 6.04 Å². The molecule has 1 N–H and O–H groups in total. The van der Waals surface area contributed by atoms with Gasteiger partial charge in [-0.3, -0.25) is 0 Å². The van der Waals surface area contributed by atoms with Gasteiger partial charge in [-0.1, -0.05) is 37.5 Å². The summed E-state index contributed by atoms with van der Waals surface area (Å²) in [5, 5.41) is 3.65. The van der Waals surface area contributed by atoms with Crippen LogP contribution in [0.2, 0.25) is 0 Å². The Bertz CT molecular complexity index is 418. The Morgan fingerprint density at radius 2 is 1.63 bits per heavy atom. The predicted octanol–water partition coefficient (Wildman–Crippen LogP) is 4.84. The molecule has 2 rings (SSSR count). The Hall–Kier alpha value is -0.820. The zero-order chi connectivity index (χ0) is 14.0. The van der Waals surface area contributed by atoms with Gasteiger partial charge in [-0.25, -0.2) is 0 Å². The molecule has 0 bridgehead atoms. The fourth-order valence-electron chi connectivity index (χ4n) is 4.33. The van der Waals surface area contributed by atoms with E-state index >= 15 is 0 Å². The SMILES string of the molecule is CCC1(C(NC)c2c(C)cc(C)cc2C)CCCC1. The van der Waals surface area contributed by atoms with Gasteiger partial charge >= 0.3 is 0 Å². The van der Waals surface area contributed by atoms with Crippen LogP contribution in [-0.4, -0.2) is 7.05 Å². The molecule has 0 aromatic heterocycles. The van der Waals surface area contributed by atoms with Crippen LogP contribution in [0.4, 0.5) is 0 Å². The molecule has 1 saturated carbocycles. The molecule has 1 aliphatic carbocycles. The first-order chi connectivity index (χ1) is 9.04. The molecule has 0 heterocycles. The van der Waals surface area contributed by atoms with Crippen molar-refractivity contribution in [1.29, 1.82) is 0 Å². The second-order valence-electron chi connectivity index (χ2n) is 6.46. The highest BCUT2D eigenvalue weighted by Crippen LogP contribution is 2.51. The van der Waals surface area contributed by atoms with Gasteiger partial charge in [0.25, 0.3) is 0 Å². The minimum absolute atomic E-state index is 0.472. The van der Waals surface area contributed by atoms with Crippen LogP contribution >= 0.6 is 0 Å². The lowest BCUT2D eigenvalue weighted by atomic mass is 9.71. The van der Waals surface area contributed by atoms with Crippen LogP contribution in [0.5, 0.6) is 0 Å². The Labute approximate surface area is 118 Å². The maximum atomic E-state index is 3.65. The Balaban J connectivity index is 2.47. The van der Waals surface area contributed by atoms with Crippen molar-refractivity contribution in [2.75, 3.05) is 7.05 Å². The molecule has 0 spiro atoms. The molecule has 0 radical (unpaired) electrons. The minimum Gasteiger partial charge on any atom is -0.313 e. The smallest absolute Gasteiger partial charge is 0.0379 e. The summed E-state index contributed by atoms with van der Waals surface area (Å²) in [5.74, 6) is 0. The van der Waals surface area contributed by atoms with Gasteiger partial charge < -0.3 is 5.32 Å². The van der Waals surface area contributed by atoms with E-state index in [0.717, 1.165) is 0 Å². The van der Waals surface area contributed by atoms with Crippen molar-refractivity contribution in [1.82, 2.24) is 5.32 Å². The van der Waals surface area contributed by atoms with Gasteiger partial charge in [-0.2, -0.15) is 0 Å². The third-order valence-electron chi connectivity index (χ3n) is 5.23. The van der Waals surface area contributed by atoms with Crippen molar-refractivity contribution < 1.29 is 0 Å². The number of aryl methyl sites for hydroxylation is 3. The first-order valence-corrected chi connectivity index (χ1v) is 7.79.